The van der Waals surface area contributed by atoms with Crippen LogP contribution in [0.4, 0.5) is 0 Å². The normalized spacial score (nSPS) is 21.5. The molecule has 6 heteroatoms. The number of thiophene rings is 1. The number of nitrogens with zero attached hydrogens (tertiary/aromatic N) is 1. The maximum Gasteiger partial charge on any atom is 0.0731 e. The first-order chi connectivity index (χ1) is 8.75. The first-order valence-corrected chi connectivity index (χ1v) is 8.57. The van der Waals surface area contributed by atoms with Crippen molar-refractivity contribution in [1.29, 1.82) is 0 Å². The van der Waals surface area contributed by atoms with E-state index in [-0.39, 0.29) is 24.8 Å². The molecule has 1 saturated carbocycles. The van der Waals surface area contributed by atoms with Crippen molar-refractivity contribution in [3.8, 4) is 0 Å². The Balaban J connectivity index is 0.000001000. The predicted molar refractivity (Wildman–Crippen MR) is 95.8 cm³/mol. The molecule has 2 fully saturated rings. The minimum Gasteiger partial charge on any atom is -0.314 e. The number of piperazine rings is 1. The van der Waals surface area contributed by atoms with Gasteiger partial charge in [-0.1, -0.05) is 6.42 Å². The van der Waals surface area contributed by atoms with Crippen LogP contribution in [0.1, 0.15) is 35.7 Å². The van der Waals surface area contributed by atoms with Gasteiger partial charge in [-0.3, -0.25) is 4.90 Å². The van der Waals surface area contributed by atoms with Gasteiger partial charge in [0.1, 0.15) is 0 Å². The van der Waals surface area contributed by atoms with Crippen LogP contribution >= 0.6 is 52.1 Å². The van der Waals surface area contributed by atoms with E-state index in [2.05, 4.69) is 39.1 Å². The second kappa shape index (κ2) is 8.35. The summed E-state index contributed by atoms with van der Waals surface area (Å²) in [5.41, 5.74) is 1.40. The Morgan fingerprint density at radius 1 is 1.30 bits per heavy atom. The SMILES string of the molecule is Cc1cc([C@H](C2CCC2)N2CCNCC2)sc1Br.Cl.Cl. The van der Waals surface area contributed by atoms with Gasteiger partial charge < -0.3 is 5.32 Å². The molecular formula is C14H23BrCl2N2S. The minimum atomic E-state index is 0. The summed E-state index contributed by atoms with van der Waals surface area (Å²) in [4.78, 5) is 4.28. The molecule has 0 unspecified atom stereocenters. The Labute approximate surface area is 146 Å². The molecule has 1 atom stereocenters. The molecule has 1 aromatic heterocycles. The van der Waals surface area contributed by atoms with Gasteiger partial charge in [-0.15, -0.1) is 36.2 Å². The first-order valence-electron chi connectivity index (χ1n) is 6.96. The third-order valence-corrected chi connectivity index (χ3v) is 6.52. The molecule has 1 aromatic rings. The summed E-state index contributed by atoms with van der Waals surface area (Å²) in [5, 5.41) is 3.47. The molecule has 2 nitrogen and oxygen atoms in total. The van der Waals surface area contributed by atoms with Crippen LogP contribution in [0.5, 0.6) is 0 Å². The van der Waals surface area contributed by atoms with E-state index in [4.69, 9.17) is 0 Å². The molecule has 1 aliphatic carbocycles. The average Bonchev–Trinajstić information content (AvgIpc) is 2.65. The summed E-state index contributed by atoms with van der Waals surface area (Å²) in [6, 6.07) is 3.08. The number of halogens is 3. The second-order valence-corrected chi connectivity index (χ2v) is 7.93. The van der Waals surface area contributed by atoms with Crippen molar-refractivity contribution in [2.75, 3.05) is 26.2 Å². The van der Waals surface area contributed by atoms with Gasteiger partial charge >= 0.3 is 0 Å². The molecule has 2 heterocycles. The van der Waals surface area contributed by atoms with Gasteiger partial charge in [-0.05, 0) is 53.2 Å². The van der Waals surface area contributed by atoms with Crippen molar-refractivity contribution in [2.45, 2.75) is 32.2 Å². The summed E-state index contributed by atoms with van der Waals surface area (Å²) in [6.45, 7) is 6.91. The standard InChI is InChI=1S/C14H21BrN2S.2ClH/c1-10-9-12(18-14(10)15)13(11-3-2-4-11)17-7-5-16-6-8-17;;/h9,11,13,16H,2-8H2,1H3;2*1H/t13-;;/m0../s1. The van der Waals surface area contributed by atoms with Crippen molar-refractivity contribution in [3.05, 3.63) is 20.3 Å². The number of aryl methyl sites for hydroxylation is 1. The van der Waals surface area contributed by atoms with Crippen LogP contribution in [0.2, 0.25) is 0 Å². The summed E-state index contributed by atoms with van der Waals surface area (Å²) in [6.07, 6.45) is 4.27. The van der Waals surface area contributed by atoms with E-state index in [1.54, 1.807) is 4.88 Å². The van der Waals surface area contributed by atoms with Crippen molar-refractivity contribution >= 4 is 52.1 Å². The molecule has 0 aromatic carbocycles. The first kappa shape index (κ1) is 18.7. The zero-order valence-corrected chi connectivity index (χ0v) is 15.8. The highest BCUT2D eigenvalue weighted by Crippen LogP contribution is 2.45. The van der Waals surface area contributed by atoms with Gasteiger partial charge in [0.2, 0.25) is 0 Å². The highest BCUT2D eigenvalue weighted by molar-refractivity contribution is 9.11. The van der Waals surface area contributed by atoms with Gasteiger partial charge in [0.25, 0.3) is 0 Å². The Morgan fingerprint density at radius 2 is 1.95 bits per heavy atom. The number of hydrogen-bond donors (Lipinski definition) is 1. The lowest BCUT2D eigenvalue weighted by molar-refractivity contribution is 0.0860. The third kappa shape index (κ3) is 3.90. The van der Waals surface area contributed by atoms with Crippen LogP contribution < -0.4 is 5.32 Å². The lowest BCUT2D eigenvalue weighted by atomic mass is 9.78. The van der Waals surface area contributed by atoms with E-state index in [1.807, 2.05) is 11.3 Å². The molecule has 1 N–H and O–H groups in total. The van der Waals surface area contributed by atoms with E-state index in [9.17, 15) is 0 Å². The zero-order valence-electron chi connectivity index (χ0n) is 11.7. The summed E-state index contributed by atoms with van der Waals surface area (Å²) in [5.74, 6) is 0.896. The van der Waals surface area contributed by atoms with Crippen LogP contribution in [-0.4, -0.2) is 31.1 Å². The molecular weight excluding hydrogens is 379 g/mol. The molecule has 0 amide bonds. The lowest BCUT2D eigenvalue weighted by Crippen LogP contribution is -2.47. The van der Waals surface area contributed by atoms with Crippen molar-refractivity contribution in [3.63, 3.8) is 0 Å². The van der Waals surface area contributed by atoms with E-state index in [0.717, 1.165) is 19.0 Å². The van der Waals surface area contributed by atoms with Crippen LogP contribution in [0, 0.1) is 12.8 Å². The summed E-state index contributed by atoms with van der Waals surface area (Å²) >= 11 is 5.63. The Bertz CT molecular complexity index is 398. The molecule has 0 bridgehead atoms. The molecule has 116 valence electrons. The van der Waals surface area contributed by atoms with E-state index >= 15 is 0 Å². The Hall–Kier alpha value is 0.680. The van der Waals surface area contributed by atoms with Gasteiger partial charge in [-0.25, -0.2) is 0 Å². The number of nitrogens with one attached hydrogen (secondary N) is 1. The van der Waals surface area contributed by atoms with E-state index in [1.165, 1.54) is 41.7 Å². The predicted octanol–water partition coefficient (Wildman–Crippen LogP) is 4.41. The van der Waals surface area contributed by atoms with Gasteiger partial charge in [0.15, 0.2) is 0 Å². The van der Waals surface area contributed by atoms with Crippen molar-refractivity contribution < 1.29 is 0 Å². The summed E-state index contributed by atoms with van der Waals surface area (Å²) < 4.78 is 1.32. The van der Waals surface area contributed by atoms with Crippen LogP contribution in [0.15, 0.2) is 9.85 Å². The van der Waals surface area contributed by atoms with E-state index in [0.29, 0.717) is 6.04 Å². The largest absolute Gasteiger partial charge is 0.314 e. The average molecular weight is 402 g/mol. The molecule has 20 heavy (non-hydrogen) atoms. The monoisotopic (exact) mass is 400 g/mol. The molecule has 1 saturated heterocycles. The zero-order chi connectivity index (χ0) is 12.5. The fraction of sp³-hybridized carbons (Fsp3) is 0.714. The maximum absolute atomic E-state index is 3.69. The minimum absolute atomic E-state index is 0. The van der Waals surface area contributed by atoms with Gasteiger partial charge in [0.05, 0.1) is 3.79 Å². The Kier molecular flexibility index (Phi) is 7.82. The lowest BCUT2D eigenvalue weighted by Gasteiger charge is -2.42. The highest BCUT2D eigenvalue weighted by atomic mass is 79.9. The molecule has 0 radical (unpaired) electrons. The number of rotatable bonds is 3. The molecule has 2 aliphatic rings. The van der Waals surface area contributed by atoms with Crippen LogP contribution in [0.3, 0.4) is 0 Å². The Morgan fingerprint density at radius 3 is 2.40 bits per heavy atom. The summed E-state index contributed by atoms with van der Waals surface area (Å²) in [7, 11) is 0. The second-order valence-electron chi connectivity index (χ2n) is 5.53. The molecule has 1 aliphatic heterocycles. The molecule has 3 rings (SSSR count). The van der Waals surface area contributed by atoms with Gasteiger partial charge in [-0.2, -0.15) is 0 Å². The maximum atomic E-state index is 3.69. The third-order valence-electron chi connectivity index (χ3n) is 4.31. The quantitative estimate of drug-likeness (QED) is 0.806. The van der Waals surface area contributed by atoms with Crippen molar-refractivity contribution in [1.82, 2.24) is 10.2 Å². The van der Waals surface area contributed by atoms with Gasteiger partial charge in [0, 0.05) is 37.1 Å². The smallest absolute Gasteiger partial charge is 0.0731 e. The van der Waals surface area contributed by atoms with Crippen LogP contribution in [0.25, 0.3) is 0 Å². The topological polar surface area (TPSA) is 15.3 Å². The van der Waals surface area contributed by atoms with Crippen LogP contribution in [-0.2, 0) is 0 Å². The fourth-order valence-electron chi connectivity index (χ4n) is 3.06. The van der Waals surface area contributed by atoms with E-state index < -0.39 is 0 Å². The fourth-order valence-corrected chi connectivity index (χ4v) is 4.86. The highest BCUT2D eigenvalue weighted by Gasteiger charge is 2.34. The van der Waals surface area contributed by atoms with Crippen molar-refractivity contribution in [2.24, 2.45) is 5.92 Å². The number of hydrogen-bond acceptors (Lipinski definition) is 3. The molecule has 0 spiro atoms.